The number of aromatic nitrogens is 4. The maximum atomic E-state index is 14.4. The molecule has 12 nitrogen and oxygen atoms in total. The molecule has 216 valence electrons. The molecule has 0 saturated heterocycles. The topological polar surface area (TPSA) is 156 Å². The highest BCUT2D eigenvalue weighted by molar-refractivity contribution is 7.91. The molecule has 0 amide bonds. The molecule has 19 heteroatoms. The molecule has 0 spiro atoms. The quantitative estimate of drug-likeness (QED) is 0.118. The second-order valence-corrected chi connectivity index (χ2v) is 14.8. The van der Waals surface area contributed by atoms with Crippen LogP contribution in [0.4, 0.5) is 11.4 Å². The number of sulfone groups is 1. The van der Waals surface area contributed by atoms with Gasteiger partial charge in [-0.25, -0.2) is 18.4 Å². The number of alkyl halides is 6. The minimum atomic E-state index is -4.92. The van der Waals surface area contributed by atoms with Crippen LogP contribution in [-0.2, 0) is 17.4 Å². The number of hydrogen-bond acceptors (Lipinski definition) is 8. The summed E-state index contributed by atoms with van der Waals surface area (Å²) in [6, 6.07) is 3.55. The van der Waals surface area contributed by atoms with Crippen molar-refractivity contribution in [1.29, 1.82) is 0 Å². The highest BCUT2D eigenvalue weighted by Gasteiger charge is 2.44. The van der Waals surface area contributed by atoms with Gasteiger partial charge in [-0.1, -0.05) is 69.6 Å². The first kappa shape index (κ1) is 31.3. The third kappa shape index (κ3) is 5.59. The number of nitro benzene ring substituents is 2. The Morgan fingerprint density at radius 3 is 1.29 bits per heavy atom. The Kier molecular flexibility index (Phi) is 8.30. The predicted molar refractivity (Wildman–Crippen MR) is 154 cm³/mol. The number of hydrogen-bond donors (Lipinski definition) is 0. The van der Waals surface area contributed by atoms with Crippen LogP contribution in [0.2, 0.25) is 0 Å². The largest absolute Gasteiger partial charge is 0.297 e. The Bertz CT molecular complexity index is 1700. The molecule has 0 atom stereocenters. The lowest BCUT2D eigenvalue weighted by Crippen LogP contribution is -2.21. The maximum absolute atomic E-state index is 14.4. The molecule has 0 saturated carbocycles. The lowest BCUT2D eigenvalue weighted by atomic mass is 10.1. The summed E-state index contributed by atoms with van der Waals surface area (Å²) >= 11 is 37.6. The van der Waals surface area contributed by atoms with E-state index in [1.807, 2.05) is 0 Å². The van der Waals surface area contributed by atoms with E-state index >= 15 is 0 Å². The number of rotatable bonds is 6. The molecule has 2 heterocycles. The summed E-state index contributed by atoms with van der Waals surface area (Å²) < 4.78 is 26.0. The Balaban J connectivity index is 2.21. The molecule has 41 heavy (non-hydrogen) atoms. The molecule has 4 aromatic rings. The van der Waals surface area contributed by atoms with Crippen LogP contribution in [0.25, 0.3) is 11.4 Å². The van der Waals surface area contributed by atoms with Gasteiger partial charge < -0.3 is 0 Å². The smallest absolute Gasteiger partial charge is 0.293 e. The predicted octanol–water partition coefficient (Wildman–Crippen LogP) is 6.98. The summed E-state index contributed by atoms with van der Waals surface area (Å²) in [5.41, 5.74) is -3.21. The lowest BCUT2D eigenvalue weighted by molar-refractivity contribution is -0.384. The molecule has 0 fully saturated rings. The molecule has 0 aliphatic carbocycles. The molecule has 0 N–H and O–H groups in total. The van der Waals surface area contributed by atoms with Crippen molar-refractivity contribution in [2.45, 2.75) is 31.2 Å². The van der Waals surface area contributed by atoms with Crippen LogP contribution < -0.4 is 0 Å². The minimum Gasteiger partial charge on any atom is -0.297 e. The van der Waals surface area contributed by atoms with Gasteiger partial charge in [0.15, 0.2) is 0 Å². The van der Waals surface area contributed by atoms with E-state index in [0.29, 0.717) is 0 Å². The van der Waals surface area contributed by atoms with Crippen molar-refractivity contribution in [2.24, 2.45) is 0 Å². The minimum absolute atomic E-state index is 0.202. The molecular formula is C22H14Cl6N6O6S. The molecule has 2 aromatic heterocycles. The summed E-state index contributed by atoms with van der Waals surface area (Å²) in [5.74, 6) is 0.404. The zero-order valence-electron chi connectivity index (χ0n) is 20.4. The first-order valence-electron chi connectivity index (χ1n) is 10.9. The first-order chi connectivity index (χ1) is 18.9. The summed E-state index contributed by atoms with van der Waals surface area (Å²) in [6.07, 6.45) is 5.23. The highest BCUT2D eigenvalue weighted by Crippen LogP contribution is 2.52. The van der Waals surface area contributed by atoms with Gasteiger partial charge in [0.25, 0.3) is 11.4 Å². The molecule has 2 aromatic carbocycles. The van der Waals surface area contributed by atoms with E-state index in [9.17, 15) is 28.6 Å². The van der Waals surface area contributed by atoms with Crippen molar-refractivity contribution in [3.05, 3.63) is 92.1 Å². The van der Waals surface area contributed by atoms with Gasteiger partial charge in [0.1, 0.15) is 23.0 Å². The Hall–Kier alpha value is -2.65. The van der Waals surface area contributed by atoms with E-state index < -0.39 is 70.9 Å². The van der Waals surface area contributed by atoms with E-state index in [1.54, 1.807) is 0 Å². The average Bonchev–Trinajstić information content (AvgIpc) is 3.48. The van der Waals surface area contributed by atoms with Crippen LogP contribution >= 0.6 is 69.6 Å². The van der Waals surface area contributed by atoms with Gasteiger partial charge in [0.2, 0.25) is 17.4 Å². The Labute approximate surface area is 261 Å². The molecular weight excluding hydrogens is 689 g/mol. The van der Waals surface area contributed by atoms with Crippen LogP contribution in [0.3, 0.4) is 0 Å². The number of nitro groups is 2. The van der Waals surface area contributed by atoms with Gasteiger partial charge >= 0.3 is 0 Å². The van der Waals surface area contributed by atoms with Crippen molar-refractivity contribution in [1.82, 2.24) is 19.1 Å². The average molecular weight is 703 g/mol. The fraction of sp³-hybridized carbons (Fsp3) is 0.182. The van der Waals surface area contributed by atoms with Crippen LogP contribution in [0.1, 0.15) is 22.8 Å². The zero-order chi connectivity index (χ0) is 30.7. The second-order valence-electron chi connectivity index (χ2n) is 8.31. The van der Waals surface area contributed by atoms with Crippen molar-refractivity contribution < 1.29 is 18.3 Å². The number of nitrogens with zero attached hydrogens (tertiary/aromatic N) is 6. The highest BCUT2D eigenvalue weighted by atomic mass is 35.6. The van der Waals surface area contributed by atoms with Gasteiger partial charge in [-0.3, -0.25) is 29.4 Å². The van der Waals surface area contributed by atoms with E-state index in [0.717, 1.165) is 24.3 Å². The van der Waals surface area contributed by atoms with Gasteiger partial charge in [-0.15, -0.1) is 0 Å². The standard InChI is InChI=1S/C22H14Cl6N6O6S/c1-11-29-7-9-31(11)19-13(33(35)36)3-5-15(17(19)21(23,24)25)41(39,40)16-6-4-14(34(37)38)20(18(16)22(26,27)28)32-10-8-30-12(32)2/h3-10H,1-2H3. The normalized spacial score (nSPS) is 12.5. The van der Waals surface area contributed by atoms with Crippen molar-refractivity contribution in [2.75, 3.05) is 0 Å². The van der Waals surface area contributed by atoms with E-state index in [2.05, 4.69) is 9.97 Å². The second kappa shape index (κ2) is 10.9. The zero-order valence-corrected chi connectivity index (χ0v) is 25.8. The van der Waals surface area contributed by atoms with Crippen molar-refractivity contribution >= 4 is 90.8 Å². The van der Waals surface area contributed by atoms with Gasteiger partial charge in [0, 0.05) is 36.9 Å². The number of benzene rings is 2. The lowest BCUT2D eigenvalue weighted by Gasteiger charge is -2.24. The Morgan fingerprint density at radius 2 is 1.05 bits per heavy atom. The van der Waals surface area contributed by atoms with Gasteiger partial charge in [-0.2, -0.15) is 0 Å². The number of imidazole rings is 2. The van der Waals surface area contributed by atoms with Crippen LogP contribution in [0, 0.1) is 34.1 Å². The Morgan fingerprint density at radius 1 is 0.707 bits per heavy atom. The van der Waals surface area contributed by atoms with Crippen LogP contribution in [-0.4, -0.2) is 37.4 Å². The summed E-state index contributed by atoms with van der Waals surface area (Å²) in [5, 5.41) is 24.0. The fourth-order valence-corrected chi connectivity index (χ4v) is 7.50. The summed E-state index contributed by atoms with van der Waals surface area (Å²) in [4.78, 5) is 29.1. The van der Waals surface area contributed by atoms with Crippen LogP contribution in [0.15, 0.2) is 58.8 Å². The maximum Gasteiger partial charge on any atom is 0.293 e. The summed E-state index contributed by atoms with van der Waals surface area (Å²) in [7, 11) is -4.92. The monoisotopic (exact) mass is 700 g/mol. The van der Waals surface area contributed by atoms with E-state index in [4.69, 9.17) is 69.6 Å². The first-order valence-corrected chi connectivity index (χ1v) is 14.7. The van der Waals surface area contributed by atoms with Crippen LogP contribution in [0.5, 0.6) is 0 Å². The molecule has 0 bridgehead atoms. The molecule has 0 unspecified atom stereocenters. The molecule has 0 aliphatic heterocycles. The molecule has 4 rings (SSSR count). The molecule has 0 radical (unpaired) electrons. The third-order valence-electron chi connectivity index (χ3n) is 5.91. The molecule has 0 aliphatic rings. The van der Waals surface area contributed by atoms with Gasteiger partial charge in [-0.05, 0) is 26.0 Å². The van der Waals surface area contributed by atoms with E-state index in [-0.39, 0.29) is 11.6 Å². The SMILES string of the molecule is Cc1nccn1-c1c([N+](=O)[O-])ccc(S(=O)(=O)c2ccc([N+](=O)[O-])c(-n3ccnc3C)c2C(Cl)(Cl)Cl)c1C(Cl)(Cl)Cl. The fourth-order valence-electron chi connectivity index (χ4n) is 4.25. The number of aryl methyl sites for hydroxylation is 2. The third-order valence-corrected chi connectivity index (χ3v) is 8.88. The van der Waals surface area contributed by atoms with Crippen molar-refractivity contribution in [3.63, 3.8) is 0 Å². The number of halogens is 6. The van der Waals surface area contributed by atoms with Gasteiger partial charge in [0.05, 0.1) is 30.8 Å². The summed E-state index contributed by atoms with van der Waals surface area (Å²) in [6.45, 7) is 2.98. The van der Waals surface area contributed by atoms with E-state index in [1.165, 1.54) is 47.8 Å². The van der Waals surface area contributed by atoms with Crippen molar-refractivity contribution in [3.8, 4) is 11.4 Å².